The molecule has 0 aliphatic carbocycles. The average molecular weight is 241 g/mol. The van der Waals surface area contributed by atoms with Gasteiger partial charge in [0.05, 0.1) is 13.1 Å². The minimum absolute atomic E-state index is 0.614. The van der Waals surface area contributed by atoms with Gasteiger partial charge in [-0.25, -0.2) is 4.98 Å². The zero-order valence-electron chi connectivity index (χ0n) is 9.59. The fourth-order valence-corrected chi connectivity index (χ4v) is 1.58. The van der Waals surface area contributed by atoms with Crippen LogP contribution in [0, 0.1) is 0 Å². The zero-order chi connectivity index (χ0) is 12.2. The van der Waals surface area contributed by atoms with Crippen molar-refractivity contribution < 1.29 is 0 Å². The Kier molecular flexibility index (Phi) is 2.79. The first-order valence-corrected chi connectivity index (χ1v) is 5.57. The summed E-state index contributed by atoms with van der Waals surface area (Å²) in [5, 5.41) is 16.4. The Bertz CT molecular complexity index is 599. The highest BCUT2D eigenvalue weighted by Crippen LogP contribution is 2.11. The molecular formula is C11H11N7. The van der Waals surface area contributed by atoms with Crippen molar-refractivity contribution in [1.29, 1.82) is 0 Å². The van der Waals surface area contributed by atoms with Gasteiger partial charge in [-0.3, -0.25) is 4.68 Å². The maximum absolute atomic E-state index is 4.31. The van der Waals surface area contributed by atoms with E-state index in [9.17, 15) is 0 Å². The van der Waals surface area contributed by atoms with E-state index in [1.54, 1.807) is 15.8 Å². The lowest BCUT2D eigenvalue weighted by Gasteiger charge is -1.98. The summed E-state index contributed by atoms with van der Waals surface area (Å²) < 4.78 is 1.73. The SMILES string of the molecule is c1ccc(-c2nnn(CCn3cncn3)n2)cc1. The van der Waals surface area contributed by atoms with Crippen LogP contribution in [0.1, 0.15) is 0 Å². The highest BCUT2D eigenvalue weighted by atomic mass is 15.6. The molecule has 0 fully saturated rings. The first kappa shape index (κ1) is 10.6. The lowest BCUT2D eigenvalue weighted by molar-refractivity contribution is 0.449. The number of benzene rings is 1. The number of rotatable bonds is 4. The molecule has 0 N–H and O–H groups in total. The van der Waals surface area contributed by atoms with E-state index in [1.807, 2.05) is 30.3 Å². The molecule has 3 aromatic rings. The summed E-state index contributed by atoms with van der Waals surface area (Å²) in [4.78, 5) is 5.43. The summed E-state index contributed by atoms with van der Waals surface area (Å²) in [6, 6.07) is 9.77. The van der Waals surface area contributed by atoms with Crippen LogP contribution in [-0.4, -0.2) is 35.0 Å². The molecule has 0 saturated carbocycles. The van der Waals surface area contributed by atoms with Gasteiger partial charge in [0, 0.05) is 5.56 Å². The Morgan fingerprint density at radius 2 is 1.94 bits per heavy atom. The number of tetrazole rings is 1. The van der Waals surface area contributed by atoms with Crippen LogP contribution in [0.5, 0.6) is 0 Å². The second-order valence-corrected chi connectivity index (χ2v) is 3.73. The molecule has 2 aromatic heterocycles. The van der Waals surface area contributed by atoms with Crippen LogP contribution in [-0.2, 0) is 13.1 Å². The number of nitrogens with zero attached hydrogens (tertiary/aromatic N) is 7. The van der Waals surface area contributed by atoms with Crippen molar-refractivity contribution in [2.24, 2.45) is 0 Å². The molecule has 0 spiro atoms. The molecule has 7 nitrogen and oxygen atoms in total. The maximum Gasteiger partial charge on any atom is 0.204 e. The number of hydrogen-bond acceptors (Lipinski definition) is 5. The third-order valence-electron chi connectivity index (χ3n) is 2.48. The summed E-state index contributed by atoms with van der Waals surface area (Å²) in [5.41, 5.74) is 0.963. The summed E-state index contributed by atoms with van der Waals surface area (Å²) in [6.45, 7) is 1.29. The normalized spacial score (nSPS) is 10.7. The van der Waals surface area contributed by atoms with E-state index in [0.29, 0.717) is 18.9 Å². The number of aryl methyl sites for hydroxylation is 2. The van der Waals surface area contributed by atoms with Gasteiger partial charge >= 0.3 is 0 Å². The van der Waals surface area contributed by atoms with Crippen LogP contribution in [0.25, 0.3) is 11.4 Å². The Labute approximate surface area is 103 Å². The second kappa shape index (κ2) is 4.74. The van der Waals surface area contributed by atoms with E-state index in [2.05, 4.69) is 25.5 Å². The quantitative estimate of drug-likeness (QED) is 0.669. The minimum atomic E-state index is 0.614. The topological polar surface area (TPSA) is 74.3 Å². The molecule has 1 aromatic carbocycles. The van der Waals surface area contributed by atoms with Gasteiger partial charge in [0.15, 0.2) is 0 Å². The van der Waals surface area contributed by atoms with Crippen molar-refractivity contribution in [3.63, 3.8) is 0 Å². The van der Waals surface area contributed by atoms with Crippen LogP contribution in [0.3, 0.4) is 0 Å². The fraction of sp³-hybridized carbons (Fsp3) is 0.182. The molecule has 0 aliphatic heterocycles. The van der Waals surface area contributed by atoms with Crippen LogP contribution in [0.2, 0.25) is 0 Å². The van der Waals surface area contributed by atoms with Crippen molar-refractivity contribution >= 4 is 0 Å². The van der Waals surface area contributed by atoms with Gasteiger partial charge < -0.3 is 0 Å². The minimum Gasteiger partial charge on any atom is -0.251 e. The molecule has 0 saturated heterocycles. The lowest BCUT2D eigenvalue weighted by atomic mass is 10.2. The molecule has 0 unspecified atom stereocenters. The standard InChI is InChI=1S/C11H11N7/c1-2-4-10(5-3-1)11-14-16-18(15-11)7-6-17-9-12-8-13-17/h1-5,8-9H,6-7H2. The first-order valence-electron chi connectivity index (χ1n) is 5.57. The Morgan fingerprint density at radius 1 is 1.06 bits per heavy atom. The van der Waals surface area contributed by atoms with Gasteiger partial charge in [-0.15, -0.1) is 10.2 Å². The summed E-state index contributed by atoms with van der Waals surface area (Å²) in [5.74, 6) is 0.634. The molecule has 7 heteroatoms. The first-order chi connectivity index (χ1) is 8.92. The third-order valence-corrected chi connectivity index (χ3v) is 2.48. The largest absolute Gasteiger partial charge is 0.251 e. The van der Waals surface area contributed by atoms with Crippen LogP contribution in [0.4, 0.5) is 0 Å². The summed E-state index contributed by atoms with van der Waals surface area (Å²) in [7, 11) is 0. The fourth-order valence-electron chi connectivity index (χ4n) is 1.58. The lowest BCUT2D eigenvalue weighted by Crippen LogP contribution is -2.10. The molecule has 0 atom stereocenters. The van der Waals surface area contributed by atoms with Gasteiger partial charge in [0.1, 0.15) is 12.7 Å². The van der Waals surface area contributed by atoms with Crippen molar-refractivity contribution in [2.75, 3.05) is 0 Å². The highest BCUT2D eigenvalue weighted by molar-refractivity contribution is 5.52. The molecule has 18 heavy (non-hydrogen) atoms. The van der Waals surface area contributed by atoms with Crippen molar-refractivity contribution in [1.82, 2.24) is 35.0 Å². The predicted octanol–water partition coefficient (Wildman–Crippen LogP) is 0.632. The van der Waals surface area contributed by atoms with Crippen molar-refractivity contribution in [2.45, 2.75) is 13.1 Å². The Morgan fingerprint density at radius 3 is 2.72 bits per heavy atom. The van der Waals surface area contributed by atoms with E-state index < -0.39 is 0 Å². The number of aromatic nitrogens is 7. The molecule has 0 bridgehead atoms. The zero-order valence-corrected chi connectivity index (χ0v) is 9.59. The molecule has 0 amide bonds. The molecular weight excluding hydrogens is 230 g/mol. The summed E-state index contributed by atoms with van der Waals surface area (Å²) >= 11 is 0. The highest BCUT2D eigenvalue weighted by Gasteiger charge is 2.04. The van der Waals surface area contributed by atoms with E-state index in [0.717, 1.165) is 5.56 Å². The molecule has 0 radical (unpaired) electrons. The van der Waals surface area contributed by atoms with Crippen LogP contribution in [0.15, 0.2) is 43.0 Å². The molecule has 90 valence electrons. The van der Waals surface area contributed by atoms with E-state index in [4.69, 9.17) is 0 Å². The van der Waals surface area contributed by atoms with Gasteiger partial charge in [0.25, 0.3) is 0 Å². The van der Waals surface area contributed by atoms with E-state index in [1.165, 1.54) is 6.33 Å². The third kappa shape index (κ3) is 2.24. The van der Waals surface area contributed by atoms with E-state index in [-0.39, 0.29) is 0 Å². The number of hydrogen-bond donors (Lipinski definition) is 0. The molecule has 2 heterocycles. The Hall–Kier alpha value is -2.57. The Balaban J connectivity index is 1.70. The van der Waals surface area contributed by atoms with Crippen LogP contribution >= 0.6 is 0 Å². The van der Waals surface area contributed by atoms with Crippen molar-refractivity contribution in [3.8, 4) is 11.4 Å². The molecule has 3 rings (SSSR count). The second-order valence-electron chi connectivity index (χ2n) is 3.73. The maximum atomic E-state index is 4.31. The van der Waals surface area contributed by atoms with Crippen molar-refractivity contribution in [3.05, 3.63) is 43.0 Å². The predicted molar refractivity (Wildman–Crippen MR) is 63.3 cm³/mol. The average Bonchev–Trinajstić information content (AvgIpc) is 3.09. The van der Waals surface area contributed by atoms with Gasteiger partial charge in [-0.1, -0.05) is 30.3 Å². The monoisotopic (exact) mass is 241 g/mol. The van der Waals surface area contributed by atoms with Crippen LogP contribution < -0.4 is 0 Å². The molecule has 0 aliphatic rings. The van der Waals surface area contributed by atoms with E-state index >= 15 is 0 Å². The van der Waals surface area contributed by atoms with Gasteiger partial charge in [-0.05, 0) is 5.21 Å². The summed E-state index contributed by atoms with van der Waals surface area (Å²) in [6.07, 6.45) is 3.17. The van der Waals surface area contributed by atoms with Gasteiger partial charge in [0.2, 0.25) is 5.82 Å². The van der Waals surface area contributed by atoms with Gasteiger partial charge in [-0.2, -0.15) is 9.90 Å². The smallest absolute Gasteiger partial charge is 0.204 e.